The van der Waals surface area contributed by atoms with Crippen LogP contribution in [-0.4, -0.2) is 16.1 Å². The van der Waals surface area contributed by atoms with Gasteiger partial charge in [0.1, 0.15) is 5.82 Å². The van der Waals surface area contributed by atoms with Crippen molar-refractivity contribution in [2.24, 2.45) is 5.41 Å². The summed E-state index contributed by atoms with van der Waals surface area (Å²) in [4.78, 5) is 4.72. The van der Waals surface area contributed by atoms with Crippen LogP contribution in [0.5, 0.6) is 0 Å². The van der Waals surface area contributed by atoms with E-state index in [1.54, 1.807) is 0 Å². The van der Waals surface area contributed by atoms with Crippen LogP contribution in [0.15, 0.2) is 0 Å². The van der Waals surface area contributed by atoms with Crippen LogP contribution < -0.4 is 5.32 Å². The van der Waals surface area contributed by atoms with E-state index in [2.05, 4.69) is 23.7 Å². The first-order valence-electron chi connectivity index (χ1n) is 6.94. The number of hydrogen-bond acceptors (Lipinski definition) is 2. The van der Waals surface area contributed by atoms with Crippen molar-refractivity contribution in [2.45, 2.75) is 59.0 Å². The van der Waals surface area contributed by atoms with Gasteiger partial charge in [-0.15, -0.1) is 0 Å². The molecule has 17 heavy (non-hydrogen) atoms. The third-order valence-electron chi connectivity index (χ3n) is 4.53. The molecule has 0 amide bonds. The first-order valence-corrected chi connectivity index (χ1v) is 6.94. The number of nitrogens with one attached hydrogen (secondary N) is 1. The molecule has 1 aliphatic carbocycles. The van der Waals surface area contributed by atoms with E-state index >= 15 is 0 Å². The number of aryl methyl sites for hydroxylation is 1. The van der Waals surface area contributed by atoms with Crippen LogP contribution in [0.2, 0.25) is 0 Å². The fourth-order valence-corrected chi connectivity index (χ4v) is 3.48. The van der Waals surface area contributed by atoms with Gasteiger partial charge in [0.2, 0.25) is 0 Å². The monoisotopic (exact) mass is 233 g/mol. The molecular formula is C14H23N3. The van der Waals surface area contributed by atoms with Gasteiger partial charge in [-0.25, -0.2) is 4.98 Å². The van der Waals surface area contributed by atoms with Crippen LogP contribution >= 0.6 is 0 Å². The van der Waals surface area contributed by atoms with Gasteiger partial charge in [0.05, 0.1) is 5.69 Å². The van der Waals surface area contributed by atoms with E-state index in [0.29, 0.717) is 5.41 Å². The van der Waals surface area contributed by atoms with Crippen LogP contribution in [0.1, 0.15) is 49.8 Å². The summed E-state index contributed by atoms with van der Waals surface area (Å²) in [7, 11) is 0. The largest absolute Gasteiger partial charge is 0.331 e. The molecule has 1 aromatic rings. The number of hydrogen-bond donors (Lipinski definition) is 1. The Bertz CT molecular complexity index is 413. The Hall–Kier alpha value is -0.830. The van der Waals surface area contributed by atoms with Gasteiger partial charge >= 0.3 is 0 Å². The van der Waals surface area contributed by atoms with Crippen LogP contribution in [0.4, 0.5) is 0 Å². The molecule has 94 valence electrons. The Morgan fingerprint density at radius 1 is 1.35 bits per heavy atom. The normalized spacial score (nSPS) is 22.7. The quantitative estimate of drug-likeness (QED) is 0.850. The standard InChI is InChI=1S/C14H23N3/c1-11-16-12-9-15-8-5-13(12)17(11)10-14(2)6-3-4-7-14/h15H,3-10H2,1-2H3. The van der Waals surface area contributed by atoms with Crippen molar-refractivity contribution in [1.29, 1.82) is 0 Å². The van der Waals surface area contributed by atoms with Gasteiger partial charge in [-0.1, -0.05) is 19.8 Å². The minimum absolute atomic E-state index is 0.518. The van der Waals surface area contributed by atoms with E-state index < -0.39 is 0 Å². The average Bonchev–Trinajstić information content (AvgIpc) is 2.86. The number of rotatable bonds is 2. The molecule has 1 aromatic heterocycles. The Morgan fingerprint density at radius 3 is 2.88 bits per heavy atom. The highest BCUT2D eigenvalue weighted by atomic mass is 15.1. The van der Waals surface area contributed by atoms with Crippen LogP contribution in [-0.2, 0) is 19.5 Å². The molecule has 0 unspecified atom stereocenters. The summed E-state index contributed by atoms with van der Waals surface area (Å²) < 4.78 is 2.50. The van der Waals surface area contributed by atoms with Crippen molar-refractivity contribution in [3.05, 3.63) is 17.2 Å². The smallest absolute Gasteiger partial charge is 0.106 e. The molecule has 2 heterocycles. The van der Waals surface area contributed by atoms with Gasteiger partial charge in [0.15, 0.2) is 0 Å². The van der Waals surface area contributed by atoms with Gasteiger partial charge in [-0.2, -0.15) is 0 Å². The average molecular weight is 233 g/mol. The van der Waals surface area contributed by atoms with Gasteiger partial charge in [-0.05, 0) is 25.2 Å². The minimum Gasteiger partial charge on any atom is -0.331 e. The van der Waals surface area contributed by atoms with Gasteiger partial charge < -0.3 is 9.88 Å². The van der Waals surface area contributed by atoms with E-state index in [9.17, 15) is 0 Å². The Labute approximate surface area is 104 Å². The molecule has 0 spiro atoms. The summed E-state index contributed by atoms with van der Waals surface area (Å²) >= 11 is 0. The first-order chi connectivity index (χ1) is 8.18. The molecule has 2 aliphatic rings. The highest BCUT2D eigenvalue weighted by molar-refractivity contribution is 5.20. The lowest BCUT2D eigenvalue weighted by molar-refractivity contribution is 0.275. The molecule has 3 heteroatoms. The third kappa shape index (κ3) is 2.01. The zero-order chi connectivity index (χ0) is 11.9. The van der Waals surface area contributed by atoms with Crippen LogP contribution in [0, 0.1) is 12.3 Å². The Morgan fingerprint density at radius 2 is 2.12 bits per heavy atom. The van der Waals surface area contributed by atoms with Crippen molar-refractivity contribution in [2.75, 3.05) is 6.54 Å². The predicted molar refractivity (Wildman–Crippen MR) is 68.9 cm³/mol. The summed E-state index contributed by atoms with van der Waals surface area (Å²) in [6, 6.07) is 0. The Kier molecular flexibility index (Phi) is 2.74. The van der Waals surface area contributed by atoms with Gasteiger partial charge in [0, 0.05) is 31.7 Å². The van der Waals surface area contributed by atoms with Gasteiger partial charge in [0.25, 0.3) is 0 Å². The SMILES string of the molecule is Cc1nc2c(n1CC1(C)CCCC1)CCNC2. The highest BCUT2D eigenvalue weighted by Gasteiger charge is 2.31. The molecule has 0 atom stereocenters. The van der Waals surface area contributed by atoms with Crippen LogP contribution in [0.25, 0.3) is 0 Å². The lowest BCUT2D eigenvalue weighted by atomic mass is 9.88. The number of nitrogens with zero attached hydrogens (tertiary/aromatic N) is 2. The molecule has 0 saturated heterocycles. The van der Waals surface area contributed by atoms with Crippen molar-refractivity contribution < 1.29 is 0 Å². The van der Waals surface area contributed by atoms with Crippen molar-refractivity contribution in [3.8, 4) is 0 Å². The summed E-state index contributed by atoms with van der Waals surface area (Å²) in [5, 5.41) is 3.41. The maximum atomic E-state index is 4.72. The fraction of sp³-hybridized carbons (Fsp3) is 0.786. The summed E-state index contributed by atoms with van der Waals surface area (Å²) in [6.45, 7) is 7.86. The third-order valence-corrected chi connectivity index (χ3v) is 4.53. The summed E-state index contributed by atoms with van der Waals surface area (Å²) in [5.74, 6) is 1.21. The second kappa shape index (κ2) is 4.13. The molecule has 3 rings (SSSR count). The topological polar surface area (TPSA) is 29.9 Å². The number of aromatic nitrogens is 2. The highest BCUT2D eigenvalue weighted by Crippen LogP contribution is 2.39. The molecule has 1 fully saturated rings. The van der Waals surface area contributed by atoms with Crippen LogP contribution in [0.3, 0.4) is 0 Å². The molecule has 0 bridgehead atoms. The lowest BCUT2D eigenvalue weighted by Gasteiger charge is -2.27. The lowest BCUT2D eigenvalue weighted by Crippen LogP contribution is -2.27. The van der Waals surface area contributed by atoms with E-state index in [4.69, 9.17) is 4.98 Å². The minimum atomic E-state index is 0.518. The number of fused-ring (bicyclic) bond motifs is 1. The first kappa shape index (κ1) is 11.3. The van der Waals surface area contributed by atoms with Crippen molar-refractivity contribution in [3.63, 3.8) is 0 Å². The van der Waals surface area contributed by atoms with E-state index in [0.717, 1.165) is 19.5 Å². The second-order valence-electron chi connectivity index (χ2n) is 6.08. The molecule has 1 N–H and O–H groups in total. The zero-order valence-corrected chi connectivity index (χ0v) is 11.1. The molecular weight excluding hydrogens is 210 g/mol. The second-order valence-corrected chi connectivity index (χ2v) is 6.08. The molecule has 1 saturated carbocycles. The summed E-state index contributed by atoms with van der Waals surface area (Å²) in [5.41, 5.74) is 3.30. The molecule has 3 nitrogen and oxygen atoms in total. The van der Waals surface area contributed by atoms with E-state index in [1.807, 2.05) is 0 Å². The Balaban J connectivity index is 1.89. The fourth-order valence-electron chi connectivity index (χ4n) is 3.48. The molecule has 0 radical (unpaired) electrons. The number of imidazole rings is 1. The van der Waals surface area contributed by atoms with Crippen molar-refractivity contribution >= 4 is 0 Å². The van der Waals surface area contributed by atoms with Crippen molar-refractivity contribution in [1.82, 2.24) is 14.9 Å². The maximum absolute atomic E-state index is 4.72. The predicted octanol–water partition coefficient (Wildman–Crippen LogP) is 2.42. The summed E-state index contributed by atoms with van der Waals surface area (Å²) in [6.07, 6.45) is 6.74. The zero-order valence-electron chi connectivity index (χ0n) is 11.1. The van der Waals surface area contributed by atoms with Gasteiger partial charge in [-0.3, -0.25) is 0 Å². The van der Waals surface area contributed by atoms with E-state index in [1.165, 1.54) is 49.4 Å². The molecule has 1 aliphatic heterocycles. The van der Waals surface area contributed by atoms with E-state index in [-0.39, 0.29) is 0 Å². The molecule has 0 aromatic carbocycles. The maximum Gasteiger partial charge on any atom is 0.106 e.